The number of hydrazine groups is 1. The molecule has 0 spiro atoms. The van der Waals surface area contributed by atoms with E-state index >= 15 is 0 Å². The first-order chi connectivity index (χ1) is 14.9. The Kier molecular flexibility index (Phi) is 9.73. The van der Waals surface area contributed by atoms with E-state index in [1.807, 2.05) is 6.92 Å². The summed E-state index contributed by atoms with van der Waals surface area (Å²) in [7, 11) is 0. The first kappa shape index (κ1) is 24.1. The van der Waals surface area contributed by atoms with Crippen LogP contribution in [0, 0.1) is 0 Å². The Bertz CT molecular complexity index is 920. The summed E-state index contributed by atoms with van der Waals surface area (Å²) in [5.41, 5.74) is 5.91. The molecule has 2 rings (SSSR count). The summed E-state index contributed by atoms with van der Waals surface area (Å²) in [6.07, 6.45) is 0.851. The van der Waals surface area contributed by atoms with E-state index in [2.05, 4.69) is 16.2 Å². The molecule has 0 aliphatic heterocycles. The van der Waals surface area contributed by atoms with Gasteiger partial charge in [-0.05, 0) is 60.6 Å². The second kappa shape index (κ2) is 12.5. The summed E-state index contributed by atoms with van der Waals surface area (Å²) in [6.45, 7) is 1.97. The van der Waals surface area contributed by atoms with Crippen molar-refractivity contribution in [3.05, 3.63) is 64.7 Å². The molecule has 0 aromatic heterocycles. The molecule has 0 heterocycles. The lowest BCUT2D eigenvalue weighted by Crippen LogP contribution is -2.49. The van der Waals surface area contributed by atoms with Crippen LogP contribution in [0.2, 0.25) is 5.02 Å². The lowest BCUT2D eigenvalue weighted by atomic mass is 10.1. The number of rotatable bonds is 8. The van der Waals surface area contributed by atoms with E-state index in [4.69, 9.17) is 33.3 Å². The number of carbonyl (C=O) groups excluding carboxylic acids is 3. The summed E-state index contributed by atoms with van der Waals surface area (Å²) < 4.78 is 10.4. The largest absolute Gasteiger partial charge is 0.484 e. The van der Waals surface area contributed by atoms with Crippen LogP contribution in [0.4, 0.5) is 0 Å². The van der Waals surface area contributed by atoms with Crippen molar-refractivity contribution in [1.29, 1.82) is 0 Å². The minimum Gasteiger partial charge on any atom is -0.484 e. The van der Waals surface area contributed by atoms with E-state index in [1.54, 1.807) is 48.5 Å². The van der Waals surface area contributed by atoms with Crippen molar-refractivity contribution in [3.63, 3.8) is 0 Å². The Balaban J connectivity index is 1.67. The lowest BCUT2D eigenvalue weighted by Gasteiger charge is -2.11. The smallest absolute Gasteiger partial charge is 0.338 e. The zero-order valence-corrected chi connectivity index (χ0v) is 18.3. The molecular formula is C21H22ClN3O5S. The summed E-state index contributed by atoms with van der Waals surface area (Å²) in [4.78, 5) is 35.6. The third-order valence-electron chi connectivity index (χ3n) is 3.74. The van der Waals surface area contributed by atoms with Gasteiger partial charge in [0.25, 0.3) is 5.91 Å². The van der Waals surface area contributed by atoms with Gasteiger partial charge in [0.1, 0.15) is 5.75 Å². The molecule has 2 aromatic rings. The molecular weight excluding hydrogens is 442 g/mol. The maximum absolute atomic E-state index is 12.0. The Hall–Kier alpha value is -3.17. The van der Waals surface area contributed by atoms with Gasteiger partial charge in [0.2, 0.25) is 5.91 Å². The molecule has 2 aromatic carbocycles. The van der Waals surface area contributed by atoms with Crippen LogP contribution in [-0.4, -0.2) is 36.1 Å². The Morgan fingerprint density at radius 1 is 0.968 bits per heavy atom. The molecule has 0 saturated heterocycles. The highest BCUT2D eigenvalue weighted by atomic mass is 35.5. The van der Waals surface area contributed by atoms with E-state index in [-0.39, 0.29) is 24.0 Å². The van der Waals surface area contributed by atoms with Crippen LogP contribution in [0.25, 0.3) is 0 Å². The number of carbonyl (C=O) groups is 3. The van der Waals surface area contributed by atoms with E-state index in [9.17, 15) is 14.4 Å². The topological polar surface area (TPSA) is 106 Å². The number of nitrogens with one attached hydrogen (secondary N) is 3. The maximum atomic E-state index is 12.0. The molecule has 164 valence electrons. The second-order valence-corrected chi connectivity index (χ2v) is 7.15. The van der Waals surface area contributed by atoms with E-state index < -0.39 is 11.9 Å². The predicted molar refractivity (Wildman–Crippen MR) is 120 cm³/mol. The van der Waals surface area contributed by atoms with Crippen LogP contribution in [0.3, 0.4) is 0 Å². The van der Waals surface area contributed by atoms with Gasteiger partial charge in [-0.15, -0.1) is 0 Å². The van der Waals surface area contributed by atoms with Crippen LogP contribution < -0.4 is 20.9 Å². The highest BCUT2D eigenvalue weighted by Crippen LogP contribution is 2.13. The van der Waals surface area contributed by atoms with Gasteiger partial charge in [0.05, 0.1) is 18.6 Å². The highest BCUT2D eigenvalue weighted by Gasteiger charge is 2.09. The minimum absolute atomic E-state index is 0.0535. The van der Waals surface area contributed by atoms with Crippen molar-refractivity contribution < 1.29 is 23.9 Å². The molecule has 0 radical (unpaired) electrons. The van der Waals surface area contributed by atoms with Crippen molar-refractivity contribution in [1.82, 2.24) is 16.2 Å². The fourth-order valence-corrected chi connectivity index (χ4v) is 2.56. The zero-order valence-electron chi connectivity index (χ0n) is 16.8. The Morgan fingerprint density at radius 3 is 2.29 bits per heavy atom. The van der Waals surface area contributed by atoms with Crippen LogP contribution in [0.15, 0.2) is 48.5 Å². The quantitative estimate of drug-likeness (QED) is 0.314. The van der Waals surface area contributed by atoms with Gasteiger partial charge in [-0.3, -0.25) is 20.4 Å². The molecule has 0 aliphatic carbocycles. The fourth-order valence-electron chi connectivity index (χ4n) is 2.27. The van der Waals surface area contributed by atoms with Gasteiger partial charge in [0, 0.05) is 5.02 Å². The number of halogens is 1. The minimum atomic E-state index is -0.513. The molecule has 2 amide bonds. The second-order valence-electron chi connectivity index (χ2n) is 6.30. The lowest BCUT2D eigenvalue weighted by molar-refractivity contribution is -0.124. The van der Waals surface area contributed by atoms with E-state index in [0.29, 0.717) is 22.9 Å². The number of amides is 2. The van der Waals surface area contributed by atoms with Gasteiger partial charge >= 0.3 is 5.97 Å². The monoisotopic (exact) mass is 463 g/mol. The highest BCUT2D eigenvalue weighted by molar-refractivity contribution is 7.80. The predicted octanol–water partition coefficient (Wildman–Crippen LogP) is 2.55. The summed E-state index contributed by atoms with van der Waals surface area (Å²) >= 11 is 10.8. The number of benzene rings is 2. The first-order valence-corrected chi connectivity index (χ1v) is 10.2. The third-order valence-corrected chi connectivity index (χ3v) is 4.20. The SMILES string of the molecule is CCCOC(=O)c1ccc(OCC(=O)NNC(=S)NC(=O)Cc2ccc(Cl)cc2)cc1. The molecule has 0 aliphatic rings. The fraction of sp³-hybridized carbons (Fsp3) is 0.238. The molecule has 10 heteroatoms. The van der Waals surface area contributed by atoms with Gasteiger partial charge in [-0.25, -0.2) is 4.79 Å². The van der Waals surface area contributed by atoms with Crippen LogP contribution in [-0.2, 0) is 20.7 Å². The van der Waals surface area contributed by atoms with E-state index in [1.165, 1.54) is 0 Å². The number of thiocarbonyl (C=S) groups is 1. The molecule has 8 nitrogen and oxygen atoms in total. The van der Waals surface area contributed by atoms with Crippen LogP contribution in [0.5, 0.6) is 5.75 Å². The number of hydrogen-bond donors (Lipinski definition) is 3. The summed E-state index contributed by atoms with van der Waals surface area (Å²) in [6, 6.07) is 13.1. The third kappa shape index (κ3) is 9.02. The van der Waals surface area contributed by atoms with Crippen molar-refractivity contribution in [2.45, 2.75) is 19.8 Å². The average Bonchev–Trinajstić information content (AvgIpc) is 2.76. The van der Waals surface area contributed by atoms with Gasteiger partial charge in [-0.2, -0.15) is 0 Å². The van der Waals surface area contributed by atoms with Crippen molar-refractivity contribution in [2.24, 2.45) is 0 Å². The normalized spacial score (nSPS) is 10.0. The summed E-state index contributed by atoms with van der Waals surface area (Å²) in [5.74, 6) is -0.869. The van der Waals surface area contributed by atoms with Crippen LogP contribution in [0.1, 0.15) is 29.3 Å². The number of hydrogen-bond acceptors (Lipinski definition) is 6. The molecule has 31 heavy (non-hydrogen) atoms. The Labute approximate surface area is 190 Å². The molecule has 0 atom stereocenters. The maximum Gasteiger partial charge on any atom is 0.338 e. The molecule has 0 saturated carbocycles. The summed E-state index contributed by atoms with van der Waals surface area (Å²) in [5, 5.41) is 2.98. The molecule has 0 fully saturated rings. The van der Waals surface area contributed by atoms with Crippen molar-refractivity contribution >= 4 is 46.7 Å². The molecule has 0 unspecified atom stereocenters. The van der Waals surface area contributed by atoms with Gasteiger partial charge in [-0.1, -0.05) is 30.7 Å². The van der Waals surface area contributed by atoms with Crippen LogP contribution >= 0.6 is 23.8 Å². The standard InChI is InChI=1S/C21H22ClN3O5S/c1-2-11-29-20(28)15-5-9-17(10-6-15)30-13-19(27)24-25-21(31)23-18(26)12-14-3-7-16(22)8-4-14/h3-10H,2,11-13H2,1H3,(H,24,27)(H2,23,25,26,31). The number of esters is 1. The first-order valence-electron chi connectivity index (χ1n) is 9.40. The molecule has 3 N–H and O–H groups in total. The van der Waals surface area contributed by atoms with Crippen molar-refractivity contribution in [2.75, 3.05) is 13.2 Å². The van der Waals surface area contributed by atoms with Gasteiger partial charge < -0.3 is 14.8 Å². The number of ether oxygens (including phenoxy) is 2. The Morgan fingerprint density at radius 2 is 1.65 bits per heavy atom. The van der Waals surface area contributed by atoms with Gasteiger partial charge in [0.15, 0.2) is 11.7 Å². The van der Waals surface area contributed by atoms with Crippen molar-refractivity contribution in [3.8, 4) is 5.75 Å². The zero-order chi connectivity index (χ0) is 22.6. The molecule has 0 bridgehead atoms. The average molecular weight is 464 g/mol. The van der Waals surface area contributed by atoms with E-state index in [0.717, 1.165) is 12.0 Å².